The Labute approximate surface area is 205 Å². The summed E-state index contributed by atoms with van der Waals surface area (Å²) in [5, 5.41) is 17.5. The first-order valence-corrected chi connectivity index (χ1v) is 11.3. The zero-order valence-corrected chi connectivity index (χ0v) is 22.0. The highest BCUT2D eigenvalue weighted by Gasteiger charge is 2.25. The molecule has 7 nitrogen and oxygen atoms in total. The van der Waals surface area contributed by atoms with Crippen molar-refractivity contribution in [2.45, 2.75) is 46.4 Å². The largest absolute Gasteiger partial charge is 0.387 e. The topological polar surface area (TPSA) is 72.4 Å². The smallest absolute Gasteiger partial charge is 0.191 e. The minimum Gasteiger partial charge on any atom is -0.387 e. The summed E-state index contributed by atoms with van der Waals surface area (Å²) < 4.78 is 5.40. The van der Waals surface area contributed by atoms with E-state index in [0.717, 1.165) is 58.4 Å². The van der Waals surface area contributed by atoms with Gasteiger partial charge in [0.25, 0.3) is 0 Å². The first-order valence-electron chi connectivity index (χ1n) is 11.3. The summed E-state index contributed by atoms with van der Waals surface area (Å²) in [6.07, 6.45) is 0. The van der Waals surface area contributed by atoms with Gasteiger partial charge in [0.1, 0.15) is 0 Å². The molecule has 1 heterocycles. The van der Waals surface area contributed by atoms with Gasteiger partial charge in [0.15, 0.2) is 5.96 Å². The Kier molecular flexibility index (Phi) is 13.6. The Bertz CT molecular complexity index is 647. The standard InChI is InChI=1S/C23H41N5O2.HI/c1-5-24-22(26-18-23(4,29)19-28-12-14-30-15-13-28)25-16-20-10-8-9-11-21(20)17-27(6-2)7-3;/h8-11,29H,5-7,12-19H2,1-4H3,(H2,24,25,26);1H. The van der Waals surface area contributed by atoms with Crippen molar-refractivity contribution in [3.05, 3.63) is 35.4 Å². The van der Waals surface area contributed by atoms with Crippen molar-refractivity contribution in [2.75, 3.05) is 59.0 Å². The fourth-order valence-corrected chi connectivity index (χ4v) is 3.63. The van der Waals surface area contributed by atoms with Crippen molar-refractivity contribution in [2.24, 2.45) is 4.99 Å². The highest BCUT2D eigenvalue weighted by molar-refractivity contribution is 14.0. The van der Waals surface area contributed by atoms with Crippen molar-refractivity contribution in [3.8, 4) is 0 Å². The van der Waals surface area contributed by atoms with Gasteiger partial charge in [0.2, 0.25) is 0 Å². The van der Waals surface area contributed by atoms with Gasteiger partial charge in [0.05, 0.1) is 25.4 Å². The summed E-state index contributed by atoms with van der Waals surface area (Å²) in [7, 11) is 0. The van der Waals surface area contributed by atoms with Crippen LogP contribution in [0.15, 0.2) is 29.3 Å². The number of nitrogens with one attached hydrogen (secondary N) is 2. The number of rotatable bonds is 11. The molecule has 1 atom stereocenters. The first kappa shape index (κ1) is 28.1. The molecule has 0 aromatic heterocycles. The van der Waals surface area contributed by atoms with Crippen LogP contribution < -0.4 is 10.6 Å². The Morgan fingerprint density at radius 2 is 1.77 bits per heavy atom. The van der Waals surface area contributed by atoms with Crippen LogP contribution in [0.1, 0.15) is 38.8 Å². The maximum atomic E-state index is 10.8. The molecular weight excluding hydrogens is 505 g/mol. The normalized spacial score (nSPS) is 17.2. The molecule has 0 saturated carbocycles. The monoisotopic (exact) mass is 547 g/mol. The quantitative estimate of drug-likeness (QED) is 0.225. The van der Waals surface area contributed by atoms with E-state index in [-0.39, 0.29) is 24.0 Å². The van der Waals surface area contributed by atoms with Gasteiger partial charge >= 0.3 is 0 Å². The molecule has 1 aliphatic heterocycles. The van der Waals surface area contributed by atoms with Crippen LogP contribution >= 0.6 is 24.0 Å². The lowest BCUT2D eigenvalue weighted by atomic mass is 10.1. The van der Waals surface area contributed by atoms with Crippen LogP contribution in [0.4, 0.5) is 0 Å². The van der Waals surface area contributed by atoms with Gasteiger partial charge in [-0.15, -0.1) is 24.0 Å². The van der Waals surface area contributed by atoms with Crippen LogP contribution in [0.5, 0.6) is 0 Å². The lowest BCUT2D eigenvalue weighted by Crippen LogP contribution is -2.52. The molecule has 31 heavy (non-hydrogen) atoms. The van der Waals surface area contributed by atoms with Gasteiger partial charge < -0.3 is 20.5 Å². The van der Waals surface area contributed by atoms with E-state index in [4.69, 9.17) is 9.73 Å². The van der Waals surface area contributed by atoms with Gasteiger partial charge in [-0.05, 0) is 38.1 Å². The van der Waals surface area contributed by atoms with Crippen molar-refractivity contribution in [1.82, 2.24) is 20.4 Å². The number of guanidine groups is 1. The maximum Gasteiger partial charge on any atom is 0.191 e. The lowest BCUT2D eigenvalue weighted by molar-refractivity contribution is -0.0201. The summed E-state index contributed by atoms with van der Waals surface area (Å²) in [6, 6.07) is 8.51. The zero-order chi connectivity index (χ0) is 21.8. The Hall–Kier alpha value is -0.940. The Balaban J connectivity index is 0.00000480. The van der Waals surface area contributed by atoms with E-state index in [1.165, 1.54) is 11.1 Å². The van der Waals surface area contributed by atoms with Crippen molar-refractivity contribution in [1.29, 1.82) is 0 Å². The molecule has 0 bridgehead atoms. The number of halogens is 1. The zero-order valence-electron chi connectivity index (χ0n) is 19.7. The summed E-state index contributed by atoms with van der Waals surface area (Å²) in [6.45, 7) is 17.0. The third-order valence-corrected chi connectivity index (χ3v) is 5.46. The van der Waals surface area contributed by atoms with Crippen LogP contribution in [-0.4, -0.2) is 85.5 Å². The molecule has 1 aromatic rings. The first-order chi connectivity index (χ1) is 14.5. The molecule has 1 saturated heterocycles. The molecule has 1 aromatic carbocycles. The minimum atomic E-state index is -0.839. The number of aliphatic hydroxyl groups is 1. The fraction of sp³-hybridized carbons (Fsp3) is 0.696. The van der Waals surface area contributed by atoms with Gasteiger partial charge in [-0.2, -0.15) is 0 Å². The second kappa shape index (κ2) is 15.0. The number of β-amino-alcohol motifs (C(OH)–C–C–N with tert-alkyl or cyclic N) is 1. The molecule has 0 spiro atoms. The third-order valence-electron chi connectivity index (χ3n) is 5.46. The van der Waals surface area contributed by atoms with Crippen LogP contribution in [0.25, 0.3) is 0 Å². The van der Waals surface area contributed by atoms with Crippen LogP contribution in [0, 0.1) is 0 Å². The SMILES string of the molecule is CCNC(=NCc1ccccc1CN(CC)CC)NCC(C)(O)CN1CCOCC1.I. The van der Waals surface area contributed by atoms with Crippen LogP contribution in [0.2, 0.25) is 0 Å². The molecule has 178 valence electrons. The molecule has 0 aliphatic carbocycles. The van der Waals surface area contributed by atoms with Crippen molar-refractivity contribution in [3.63, 3.8) is 0 Å². The molecule has 1 aliphatic rings. The number of ether oxygens (including phenoxy) is 1. The molecule has 8 heteroatoms. The highest BCUT2D eigenvalue weighted by Crippen LogP contribution is 2.13. The molecule has 0 radical (unpaired) electrons. The fourth-order valence-electron chi connectivity index (χ4n) is 3.63. The molecule has 1 unspecified atom stereocenters. The molecular formula is C23H42IN5O2. The maximum absolute atomic E-state index is 10.8. The average molecular weight is 548 g/mol. The average Bonchev–Trinajstić information content (AvgIpc) is 2.75. The lowest BCUT2D eigenvalue weighted by Gasteiger charge is -2.34. The summed E-state index contributed by atoms with van der Waals surface area (Å²) >= 11 is 0. The Morgan fingerprint density at radius 1 is 1.13 bits per heavy atom. The molecule has 3 N–H and O–H groups in total. The van der Waals surface area contributed by atoms with Crippen LogP contribution in [0.3, 0.4) is 0 Å². The van der Waals surface area contributed by atoms with Crippen LogP contribution in [-0.2, 0) is 17.8 Å². The molecule has 2 rings (SSSR count). The number of aliphatic imine (C=N–C) groups is 1. The van der Waals surface area contributed by atoms with E-state index in [1.54, 1.807) is 0 Å². The number of nitrogens with zero attached hydrogens (tertiary/aromatic N) is 3. The van der Waals surface area contributed by atoms with E-state index in [9.17, 15) is 5.11 Å². The number of hydrogen-bond donors (Lipinski definition) is 3. The second-order valence-corrected chi connectivity index (χ2v) is 8.16. The molecule has 0 amide bonds. The predicted molar refractivity (Wildman–Crippen MR) is 139 cm³/mol. The number of morpholine rings is 1. The van der Waals surface area contributed by atoms with E-state index < -0.39 is 5.60 Å². The van der Waals surface area contributed by atoms with Gasteiger partial charge in [0, 0.05) is 39.3 Å². The van der Waals surface area contributed by atoms with E-state index in [0.29, 0.717) is 19.6 Å². The minimum absolute atomic E-state index is 0. The van der Waals surface area contributed by atoms with E-state index >= 15 is 0 Å². The number of hydrogen-bond acceptors (Lipinski definition) is 5. The van der Waals surface area contributed by atoms with E-state index in [1.807, 2.05) is 6.92 Å². The summed E-state index contributed by atoms with van der Waals surface area (Å²) in [4.78, 5) is 9.44. The van der Waals surface area contributed by atoms with Crippen molar-refractivity contribution < 1.29 is 9.84 Å². The molecule has 1 fully saturated rings. The summed E-state index contributed by atoms with van der Waals surface area (Å²) in [5.41, 5.74) is 1.72. The van der Waals surface area contributed by atoms with Gasteiger partial charge in [-0.1, -0.05) is 38.1 Å². The van der Waals surface area contributed by atoms with E-state index in [2.05, 4.69) is 65.5 Å². The predicted octanol–water partition coefficient (Wildman–Crippen LogP) is 2.28. The third kappa shape index (κ3) is 10.5. The second-order valence-electron chi connectivity index (χ2n) is 8.16. The van der Waals surface area contributed by atoms with Gasteiger partial charge in [-0.3, -0.25) is 9.80 Å². The highest BCUT2D eigenvalue weighted by atomic mass is 127. The summed E-state index contributed by atoms with van der Waals surface area (Å²) in [5.74, 6) is 0.734. The van der Waals surface area contributed by atoms with Crippen molar-refractivity contribution >= 4 is 29.9 Å². The van der Waals surface area contributed by atoms with Gasteiger partial charge in [-0.25, -0.2) is 4.99 Å². The Morgan fingerprint density at radius 3 is 2.39 bits per heavy atom. The number of benzene rings is 1.